The van der Waals surface area contributed by atoms with Crippen LogP contribution in [-0.4, -0.2) is 60.0 Å². The SMILES string of the molecule is CC(C)C[C@H](NC(=O)OCc1cccc(F)c1)C(=O)N[C@@H](C[C@@H]1CCNC1=O)C(O)S(=O)(=O)[O-].[Na+]. The van der Waals surface area contributed by atoms with E-state index in [4.69, 9.17) is 4.74 Å². The molecule has 11 nitrogen and oxygen atoms in total. The van der Waals surface area contributed by atoms with Gasteiger partial charge in [-0.15, -0.1) is 0 Å². The Hall–Kier alpha value is -1.77. The van der Waals surface area contributed by atoms with Crippen LogP contribution in [0.5, 0.6) is 0 Å². The zero-order chi connectivity index (χ0) is 25.5. The summed E-state index contributed by atoms with van der Waals surface area (Å²) in [5, 5.41) is 17.2. The molecule has 0 aromatic heterocycles. The van der Waals surface area contributed by atoms with Gasteiger partial charge in [0, 0.05) is 12.5 Å². The predicted molar refractivity (Wildman–Crippen MR) is 116 cm³/mol. The van der Waals surface area contributed by atoms with Crippen LogP contribution in [0.1, 0.15) is 38.7 Å². The van der Waals surface area contributed by atoms with E-state index < -0.39 is 51.4 Å². The summed E-state index contributed by atoms with van der Waals surface area (Å²) in [6.07, 6.45) is -0.790. The van der Waals surface area contributed by atoms with Crippen molar-refractivity contribution in [2.75, 3.05) is 6.54 Å². The molecule has 1 aromatic carbocycles. The fourth-order valence-corrected chi connectivity index (χ4v) is 4.15. The number of alkyl carbamates (subject to hydrolysis) is 1. The Morgan fingerprint density at radius 3 is 2.54 bits per heavy atom. The minimum Gasteiger partial charge on any atom is -0.746 e. The smallest absolute Gasteiger partial charge is 0.746 e. The third-order valence-electron chi connectivity index (χ3n) is 5.24. The predicted octanol–water partition coefficient (Wildman–Crippen LogP) is -2.65. The molecule has 4 atom stereocenters. The zero-order valence-corrected chi connectivity index (χ0v) is 22.6. The number of benzene rings is 1. The Balaban J connectivity index is 0.00000612. The van der Waals surface area contributed by atoms with Gasteiger partial charge in [-0.1, -0.05) is 26.0 Å². The Bertz CT molecular complexity index is 995. The molecule has 0 radical (unpaired) electrons. The van der Waals surface area contributed by atoms with Crippen LogP contribution in [0.25, 0.3) is 0 Å². The van der Waals surface area contributed by atoms with Crippen LogP contribution < -0.4 is 45.5 Å². The molecule has 35 heavy (non-hydrogen) atoms. The average molecular weight is 526 g/mol. The number of carbonyl (C=O) groups is 3. The molecule has 1 fully saturated rings. The molecule has 2 rings (SSSR count). The number of nitrogens with one attached hydrogen (secondary N) is 3. The Morgan fingerprint density at radius 1 is 1.31 bits per heavy atom. The van der Waals surface area contributed by atoms with Crippen LogP contribution in [0.4, 0.5) is 9.18 Å². The van der Waals surface area contributed by atoms with Crippen molar-refractivity contribution in [1.82, 2.24) is 16.0 Å². The van der Waals surface area contributed by atoms with Crippen molar-refractivity contribution in [2.24, 2.45) is 11.8 Å². The number of aliphatic hydroxyl groups is 1. The number of halogens is 1. The van der Waals surface area contributed by atoms with Crippen molar-refractivity contribution in [1.29, 1.82) is 0 Å². The molecular formula is C21H29FN3NaO8S. The molecule has 4 N–H and O–H groups in total. The minimum absolute atomic E-state index is 0. The summed E-state index contributed by atoms with van der Waals surface area (Å²) in [4.78, 5) is 37.0. The monoisotopic (exact) mass is 525 g/mol. The maximum absolute atomic E-state index is 13.3. The number of aliphatic hydroxyl groups excluding tert-OH is 1. The van der Waals surface area contributed by atoms with E-state index in [2.05, 4.69) is 16.0 Å². The van der Waals surface area contributed by atoms with E-state index in [9.17, 15) is 36.9 Å². The average Bonchev–Trinajstić information content (AvgIpc) is 3.14. The van der Waals surface area contributed by atoms with E-state index in [-0.39, 0.29) is 60.8 Å². The van der Waals surface area contributed by atoms with Crippen molar-refractivity contribution in [3.63, 3.8) is 0 Å². The van der Waals surface area contributed by atoms with Gasteiger partial charge in [-0.2, -0.15) is 0 Å². The first-order valence-corrected chi connectivity index (χ1v) is 12.2. The number of hydrogen-bond donors (Lipinski definition) is 4. The topological polar surface area (TPSA) is 174 Å². The first-order chi connectivity index (χ1) is 15.9. The van der Waals surface area contributed by atoms with E-state index in [1.807, 2.05) is 0 Å². The van der Waals surface area contributed by atoms with Crippen molar-refractivity contribution in [3.8, 4) is 0 Å². The molecule has 0 bridgehead atoms. The van der Waals surface area contributed by atoms with Crippen LogP contribution >= 0.6 is 0 Å². The standard InChI is InChI=1S/C21H30FN3O8S.Na/c1-12(2)8-16(25-21(29)33-11-13-4-3-5-15(22)9-13)19(27)24-17(20(28)34(30,31)32)10-14-6-7-23-18(14)26;/h3-5,9,12,14,16-17,20,28H,6-8,10-11H2,1-2H3,(H,23,26)(H,24,27)(H,25,29)(H,30,31,32);/q;+1/p-1/t14-,16-,17-,20?;/m0./s1. The largest absolute Gasteiger partial charge is 1.00 e. The third kappa shape index (κ3) is 10.4. The summed E-state index contributed by atoms with van der Waals surface area (Å²) < 4.78 is 52.5. The molecule has 1 aliphatic heterocycles. The Kier molecular flexibility index (Phi) is 12.6. The fourth-order valence-electron chi connectivity index (χ4n) is 3.57. The van der Waals surface area contributed by atoms with Crippen molar-refractivity contribution >= 4 is 28.0 Å². The molecule has 190 valence electrons. The normalized spacial score (nSPS) is 18.1. The van der Waals surface area contributed by atoms with E-state index in [1.54, 1.807) is 19.9 Å². The number of amides is 3. The summed E-state index contributed by atoms with van der Waals surface area (Å²) in [6.45, 7) is 3.64. The molecule has 1 heterocycles. The van der Waals surface area contributed by atoms with Crippen LogP contribution in [0.2, 0.25) is 0 Å². The number of hydrogen-bond acceptors (Lipinski definition) is 8. The van der Waals surface area contributed by atoms with Gasteiger partial charge in [0.2, 0.25) is 11.8 Å². The van der Waals surface area contributed by atoms with E-state index in [0.29, 0.717) is 18.5 Å². The molecular weight excluding hydrogens is 496 g/mol. The fraction of sp³-hybridized carbons (Fsp3) is 0.571. The quantitative estimate of drug-likeness (QED) is 0.179. The maximum atomic E-state index is 13.3. The Morgan fingerprint density at radius 2 is 2.00 bits per heavy atom. The maximum Gasteiger partial charge on any atom is 1.00 e. The van der Waals surface area contributed by atoms with Crippen LogP contribution in [0.3, 0.4) is 0 Å². The van der Waals surface area contributed by atoms with E-state index in [0.717, 1.165) is 0 Å². The first kappa shape index (κ1) is 31.3. The second-order valence-corrected chi connectivity index (χ2v) is 10.0. The van der Waals surface area contributed by atoms with Gasteiger partial charge < -0.3 is 30.3 Å². The Labute approximate surface area is 225 Å². The van der Waals surface area contributed by atoms with Gasteiger partial charge in [-0.3, -0.25) is 9.59 Å². The molecule has 1 saturated heterocycles. The summed E-state index contributed by atoms with van der Waals surface area (Å²) in [5.74, 6) is -2.54. The number of ether oxygens (including phenoxy) is 1. The molecule has 0 aliphatic carbocycles. The molecule has 3 amide bonds. The second-order valence-electron chi connectivity index (χ2n) is 8.54. The second kappa shape index (κ2) is 14.1. The molecule has 1 aliphatic rings. The molecule has 0 saturated carbocycles. The van der Waals surface area contributed by atoms with Crippen molar-refractivity contribution in [3.05, 3.63) is 35.6 Å². The van der Waals surface area contributed by atoms with Gasteiger partial charge in [-0.05, 0) is 42.9 Å². The van der Waals surface area contributed by atoms with Gasteiger partial charge in [0.05, 0.1) is 6.04 Å². The van der Waals surface area contributed by atoms with Crippen molar-refractivity contribution < 1.29 is 71.1 Å². The van der Waals surface area contributed by atoms with Gasteiger partial charge >= 0.3 is 35.7 Å². The van der Waals surface area contributed by atoms with E-state index >= 15 is 0 Å². The first-order valence-electron chi connectivity index (χ1n) is 10.8. The third-order valence-corrected chi connectivity index (χ3v) is 6.16. The summed E-state index contributed by atoms with van der Waals surface area (Å²) in [6, 6.07) is 2.64. The molecule has 14 heteroatoms. The van der Waals surface area contributed by atoms with Gasteiger partial charge in [0.25, 0.3) is 0 Å². The molecule has 0 spiro atoms. The van der Waals surface area contributed by atoms with E-state index in [1.165, 1.54) is 18.2 Å². The van der Waals surface area contributed by atoms with Crippen LogP contribution in [0, 0.1) is 17.7 Å². The number of carbonyl (C=O) groups excluding carboxylic acids is 3. The number of rotatable bonds is 11. The summed E-state index contributed by atoms with van der Waals surface area (Å²) >= 11 is 0. The summed E-state index contributed by atoms with van der Waals surface area (Å²) in [7, 11) is -5.20. The van der Waals surface area contributed by atoms with Gasteiger partial charge in [0.1, 0.15) is 28.6 Å². The minimum atomic E-state index is -5.20. The summed E-state index contributed by atoms with van der Waals surface area (Å²) in [5.41, 5.74) is -2.09. The van der Waals surface area contributed by atoms with Crippen LogP contribution in [-0.2, 0) is 31.1 Å². The van der Waals surface area contributed by atoms with Crippen molar-refractivity contribution in [2.45, 2.75) is 57.2 Å². The van der Waals surface area contributed by atoms with Crippen LogP contribution in [0.15, 0.2) is 24.3 Å². The van der Waals surface area contributed by atoms with Gasteiger partial charge in [-0.25, -0.2) is 17.6 Å². The van der Waals surface area contributed by atoms with Gasteiger partial charge in [0.15, 0.2) is 5.44 Å². The zero-order valence-electron chi connectivity index (χ0n) is 19.8. The molecule has 1 unspecified atom stereocenters. The molecule has 1 aromatic rings.